The van der Waals surface area contributed by atoms with Crippen molar-refractivity contribution in [1.82, 2.24) is 10.0 Å². The van der Waals surface area contributed by atoms with Gasteiger partial charge < -0.3 is 5.11 Å². The molecular formula is C22H27F3N2O2. The topological polar surface area (TPSA) is 43.8 Å². The normalized spacial score (nSPS) is 38.4. The zero-order valence-corrected chi connectivity index (χ0v) is 16.7. The van der Waals surface area contributed by atoms with Crippen LogP contribution < -0.4 is 0 Å². The van der Waals surface area contributed by atoms with Crippen molar-refractivity contribution < 1.29 is 23.1 Å². The maximum Gasteiger partial charge on any atom is 0.416 e. The molecule has 1 amide bonds. The fourth-order valence-corrected chi connectivity index (χ4v) is 6.75. The highest BCUT2D eigenvalue weighted by Crippen LogP contribution is 2.58. The number of hydrogen-bond donors (Lipinski definition) is 1. The van der Waals surface area contributed by atoms with Gasteiger partial charge in [0.25, 0.3) is 5.91 Å². The zero-order valence-electron chi connectivity index (χ0n) is 16.7. The summed E-state index contributed by atoms with van der Waals surface area (Å²) in [6, 6.07) is 5.61. The van der Waals surface area contributed by atoms with Crippen molar-refractivity contribution in [3.8, 4) is 0 Å². The van der Waals surface area contributed by atoms with Crippen LogP contribution in [0.5, 0.6) is 0 Å². The minimum atomic E-state index is -4.42. The Morgan fingerprint density at radius 3 is 2.31 bits per heavy atom. The maximum absolute atomic E-state index is 13.5. The quantitative estimate of drug-likeness (QED) is 0.823. The van der Waals surface area contributed by atoms with Gasteiger partial charge in [0.2, 0.25) is 0 Å². The molecule has 3 unspecified atom stereocenters. The van der Waals surface area contributed by atoms with Gasteiger partial charge in [-0.2, -0.15) is 18.2 Å². The predicted molar refractivity (Wildman–Crippen MR) is 100 cm³/mol. The highest BCUT2D eigenvalue weighted by atomic mass is 19.4. The van der Waals surface area contributed by atoms with Crippen LogP contribution in [-0.4, -0.2) is 38.2 Å². The minimum absolute atomic E-state index is 0.00889. The molecule has 4 bridgehead atoms. The first kappa shape index (κ1) is 19.4. The molecule has 1 aromatic rings. The molecule has 1 heterocycles. The lowest BCUT2D eigenvalue weighted by atomic mass is 9.52. The third-order valence-corrected chi connectivity index (χ3v) is 7.75. The molecule has 1 aromatic carbocycles. The first-order chi connectivity index (χ1) is 13.5. The Hall–Kier alpha value is -1.60. The van der Waals surface area contributed by atoms with E-state index in [1.807, 2.05) is 5.01 Å². The summed E-state index contributed by atoms with van der Waals surface area (Å²) in [4.78, 5) is 13.1. The monoisotopic (exact) mass is 408 g/mol. The number of hydrazine groups is 1. The number of halogens is 3. The largest absolute Gasteiger partial charge is 0.416 e. The van der Waals surface area contributed by atoms with Crippen LogP contribution in [0, 0.1) is 17.8 Å². The van der Waals surface area contributed by atoms with Crippen molar-refractivity contribution in [1.29, 1.82) is 0 Å². The molecule has 0 radical (unpaired) electrons. The Morgan fingerprint density at radius 2 is 1.72 bits per heavy atom. The van der Waals surface area contributed by atoms with Crippen LogP contribution in [0.15, 0.2) is 24.3 Å². The van der Waals surface area contributed by atoms with E-state index < -0.39 is 22.9 Å². The molecule has 0 spiro atoms. The highest BCUT2D eigenvalue weighted by molar-refractivity contribution is 5.90. The van der Waals surface area contributed by atoms with E-state index in [4.69, 9.17) is 0 Å². The van der Waals surface area contributed by atoms with Gasteiger partial charge in [0.05, 0.1) is 17.2 Å². The average Bonchev–Trinajstić information content (AvgIpc) is 2.61. The number of nitrogens with zero attached hydrogens (tertiary/aromatic N) is 2. The number of aliphatic hydroxyl groups is 1. The van der Waals surface area contributed by atoms with Crippen molar-refractivity contribution in [2.45, 2.75) is 75.9 Å². The lowest BCUT2D eigenvalue weighted by molar-refractivity contribution is -0.262. The molecule has 0 aromatic heterocycles. The van der Waals surface area contributed by atoms with Gasteiger partial charge in [-0.25, -0.2) is 0 Å². The average molecular weight is 408 g/mol. The van der Waals surface area contributed by atoms with Crippen LogP contribution >= 0.6 is 0 Å². The second-order valence-corrected chi connectivity index (χ2v) is 10.1. The van der Waals surface area contributed by atoms with E-state index in [0.717, 1.165) is 25.3 Å². The number of carbonyl (C=O) groups excluding carboxylic acids is 1. The summed E-state index contributed by atoms with van der Waals surface area (Å²) >= 11 is 0. The van der Waals surface area contributed by atoms with Gasteiger partial charge in [-0.15, -0.1) is 0 Å². The third-order valence-electron chi connectivity index (χ3n) is 7.75. The van der Waals surface area contributed by atoms with E-state index in [1.54, 1.807) is 24.9 Å². The van der Waals surface area contributed by atoms with Crippen LogP contribution in [0.1, 0.15) is 57.1 Å². The molecule has 4 saturated carbocycles. The summed E-state index contributed by atoms with van der Waals surface area (Å²) in [5, 5.41) is 14.4. The smallest absolute Gasteiger partial charge is 0.390 e. The summed E-state index contributed by atoms with van der Waals surface area (Å²) in [5.41, 5.74) is -1.89. The number of hydrogen-bond acceptors (Lipinski definition) is 3. The Balaban J connectivity index is 1.45. The molecule has 6 rings (SSSR count). The van der Waals surface area contributed by atoms with Gasteiger partial charge >= 0.3 is 6.18 Å². The fraction of sp³-hybridized carbons (Fsp3) is 0.682. The standard InChI is InChI=1S/C22H27F3N2O2/c1-20(2)19(28)27(18-15-7-13-8-16(18)11-21(29,9-13)10-15)26(20)12-14-5-3-4-6-17(14)22(23,24)25/h3-6,13,15-16,18,29H,7-12H2,1-2H3/t13?,15-,16+,18?,21?. The minimum Gasteiger partial charge on any atom is -0.390 e. The molecule has 5 fully saturated rings. The first-order valence-electron chi connectivity index (χ1n) is 10.5. The molecule has 1 aliphatic heterocycles. The van der Waals surface area contributed by atoms with Crippen molar-refractivity contribution in [3.63, 3.8) is 0 Å². The summed E-state index contributed by atoms with van der Waals surface area (Å²) in [6.07, 6.45) is -0.174. The molecule has 158 valence electrons. The Bertz CT molecular complexity index is 837. The van der Waals surface area contributed by atoms with Gasteiger partial charge in [0.1, 0.15) is 5.54 Å². The van der Waals surface area contributed by atoms with E-state index in [2.05, 4.69) is 0 Å². The highest BCUT2D eigenvalue weighted by Gasteiger charge is 2.63. The second kappa shape index (κ2) is 5.97. The Kier molecular flexibility index (Phi) is 3.99. The van der Waals surface area contributed by atoms with Crippen molar-refractivity contribution >= 4 is 5.91 Å². The summed E-state index contributed by atoms with van der Waals surface area (Å²) in [7, 11) is 0. The molecule has 4 nitrogen and oxygen atoms in total. The lowest BCUT2D eigenvalue weighted by Crippen LogP contribution is -2.79. The van der Waals surface area contributed by atoms with Crippen LogP contribution in [0.3, 0.4) is 0 Å². The van der Waals surface area contributed by atoms with E-state index in [1.165, 1.54) is 12.1 Å². The molecule has 1 N–H and O–H groups in total. The van der Waals surface area contributed by atoms with Crippen LogP contribution in [-0.2, 0) is 17.5 Å². The Labute approximate surface area is 168 Å². The van der Waals surface area contributed by atoms with Gasteiger partial charge in [0, 0.05) is 6.54 Å². The SMILES string of the molecule is CC1(C)C(=O)N(C2[C@@H]3CC4C[C@H]2CC(O)(C4)C3)N1Cc1ccccc1C(F)(F)F. The van der Waals surface area contributed by atoms with Gasteiger partial charge in [-0.05, 0) is 75.3 Å². The summed E-state index contributed by atoms with van der Waals surface area (Å²) in [6.45, 7) is 3.62. The third kappa shape index (κ3) is 2.84. The van der Waals surface area contributed by atoms with E-state index >= 15 is 0 Å². The van der Waals surface area contributed by atoms with Crippen LogP contribution in [0.4, 0.5) is 13.2 Å². The van der Waals surface area contributed by atoms with Crippen LogP contribution in [0.25, 0.3) is 0 Å². The maximum atomic E-state index is 13.5. The molecule has 1 saturated heterocycles. The summed E-state index contributed by atoms with van der Waals surface area (Å²) < 4.78 is 40.5. The molecule has 5 atom stereocenters. The second-order valence-electron chi connectivity index (χ2n) is 10.1. The number of amides is 1. The molecule has 4 aliphatic carbocycles. The zero-order chi connectivity index (χ0) is 20.8. The van der Waals surface area contributed by atoms with Crippen LogP contribution in [0.2, 0.25) is 0 Å². The molecule has 29 heavy (non-hydrogen) atoms. The predicted octanol–water partition coefficient (Wildman–Crippen LogP) is 3.98. The lowest BCUT2D eigenvalue weighted by Gasteiger charge is -2.66. The Morgan fingerprint density at radius 1 is 1.10 bits per heavy atom. The molecule has 5 aliphatic rings. The van der Waals surface area contributed by atoms with Gasteiger partial charge in [0.15, 0.2) is 0 Å². The van der Waals surface area contributed by atoms with Gasteiger partial charge in [-0.1, -0.05) is 18.2 Å². The first-order valence-corrected chi connectivity index (χ1v) is 10.5. The number of rotatable bonds is 3. The summed E-state index contributed by atoms with van der Waals surface area (Å²) in [5.74, 6) is 0.947. The number of alkyl halides is 3. The van der Waals surface area contributed by atoms with Gasteiger partial charge in [-0.3, -0.25) is 9.80 Å². The van der Waals surface area contributed by atoms with Crippen molar-refractivity contribution in [2.75, 3.05) is 0 Å². The fourth-order valence-electron chi connectivity index (χ4n) is 6.75. The van der Waals surface area contributed by atoms with E-state index in [-0.39, 0.29) is 35.9 Å². The van der Waals surface area contributed by atoms with E-state index in [9.17, 15) is 23.1 Å². The number of benzene rings is 1. The number of carbonyl (C=O) groups is 1. The van der Waals surface area contributed by atoms with Crippen molar-refractivity contribution in [3.05, 3.63) is 35.4 Å². The van der Waals surface area contributed by atoms with E-state index in [0.29, 0.717) is 18.8 Å². The molecular weight excluding hydrogens is 381 g/mol. The molecule has 7 heteroatoms. The van der Waals surface area contributed by atoms with Crippen molar-refractivity contribution in [2.24, 2.45) is 17.8 Å².